The van der Waals surface area contributed by atoms with Gasteiger partial charge in [-0.25, -0.2) is 4.98 Å². The van der Waals surface area contributed by atoms with Crippen molar-refractivity contribution in [3.05, 3.63) is 30.1 Å². The van der Waals surface area contributed by atoms with Crippen LogP contribution < -0.4 is 11.1 Å². The molecule has 0 unspecified atom stereocenters. The number of carbonyl (C=O) groups excluding carboxylic acids is 1. The van der Waals surface area contributed by atoms with E-state index < -0.39 is 6.04 Å². The molecule has 0 bridgehead atoms. The molecule has 0 aliphatic heterocycles. The monoisotopic (exact) mass is 305 g/mol. The van der Waals surface area contributed by atoms with Crippen molar-refractivity contribution in [3.8, 4) is 11.4 Å². The molecular formula is C14H19N5OS. The van der Waals surface area contributed by atoms with Crippen molar-refractivity contribution in [2.75, 3.05) is 17.3 Å². The van der Waals surface area contributed by atoms with E-state index in [2.05, 4.69) is 20.5 Å². The third-order valence-electron chi connectivity index (χ3n) is 2.98. The van der Waals surface area contributed by atoms with E-state index >= 15 is 0 Å². The van der Waals surface area contributed by atoms with Crippen molar-refractivity contribution in [1.29, 1.82) is 0 Å². The van der Waals surface area contributed by atoms with Crippen LogP contribution in [0.1, 0.15) is 12.2 Å². The van der Waals surface area contributed by atoms with Crippen LogP contribution in [0, 0.1) is 6.92 Å². The topological polar surface area (TPSA) is 96.7 Å². The van der Waals surface area contributed by atoms with Gasteiger partial charge in [0.25, 0.3) is 0 Å². The van der Waals surface area contributed by atoms with Gasteiger partial charge in [-0.2, -0.15) is 16.9 Å². The third kappa shape index (κ3) is 4.30. The first-order valence-electron chi connectivity index (χ1n) is 6.65. The van der Waals surface area contributed by atoms with E-state index in [4.69, 9.17) is 5.73 Å². The number of amides is 1. The van der Waals surface area contributed by atoms with Gasteiger partial charge in [0.05, 0.1) is 6.04 Å². The molecule has 0 spiro atoms. The lowest BCUT2D eigenvalue weighted by Gasteiger charge is -2.11. The molecule has 0 aliphatic rings. The Morgan fingerprint density at radius 1 is 1.43 bits per heavy atom. The molecular weight excluding hydrogens is 286 g/mol. The zero-order valence-corrected chi connectivity index (χ0v) is 12.9. The molecule has 1 aromatic heterocycles. The van der Waals surface area contributed by atoms with Gasteiger partial charge in [0, 0.05) is 11.3 Å². The van der Waals surface area contributed by atoms with Gasteiger partial charge in [0.15, 0.2) is 5.82 Å². The molecule has 4 N–H and O–H groups in total. The summed E-state index contributed by atoms with van der Waals surface area (Å²) in [5.41, 5.74) is 7.44. The van der Waals surface area contributed by atoms with Crippen LogP contribution in [0.4, 0.5) is 5.69 Å². The maximum absolute atomic E-state index is 11.9. The molecule has 1 amide bonds. The van der Waals surface area contributed by atoms with Gasteiger partial charge in [0.1, 0.15) is 5.82 Å². The van der Waals surface area contributed by atoms with Crippen LogP contribution in [0.5, 0.6) is 0 Å². The molecule has 0 fully saturated rings. The average molecular weight is 305 g/mol. The molecule has 1 heterocycles. The van der Waals surface area contributed by atoms with Crippen molar-refractivity contribution in [3.63, 3.8) is 0 Å². The van der Waals surface area contributed by atoms with Crippen molar-refractivity contribution in [2.24, 2.45) is 5.73 Å². The van der Waals surface area contributed by atoms with Crippen LogP contribution in [0.15, 0.2) is 24.3 Å². The van der Waals surface area contributed by atoms with E-state index in [1.165, 1.54) is 0 Å². The van der Waals surface area contributed by atoms with E-state index in [1.807, 2.05) is 37.4 Å². The summed E-state index contributed by atoms with van der Waals surface area (Å²) in [5, 5.41) is 9.70. The summed E-state index contributed by atoms with van der Waals surface area (Å²) >= 11 is 1.68. The number of H-pyrrole nitrogens is 1. The molecule has 2 rings (SSSR count). The molecule has 2 aromatic rings. The molecule has 6 nitrogen and oxygen atoms in total. The number of anilines is 1. The molecule has 112 valence electrons. The van der Waals surface area contributed by atoms with E-state index in [0.29, 0.717) is 12.2 Å². The Kier molecular flexibility index (Phi) is 5.35. The highest BCUT2D eigenvalue weighted by Gasteiger charge is 2.13. The molecule has 21 heavy (non-hydrogen) atoms. The first kappa shape index (κ1) is 15.5. The summed E-state index contributed by atoms with van der Waals surface area (Å²) < 4.78 is 0. The fraction of sp³-hybridized carbons (Fsp3) is 0.357. The first-order valence-corrected chi connectivity index (χ1v) is 8.04. The van der Waals surface area contributed by atoms with Crippen LogP contribution in [0.2, 0.25) is 0 Å². The van der Waals surface area contributed by atoms with Crippen LogP contribution in [-0.2, 0) is 4.79 Å². The number of thioether (sulfide) groups is 1. The standard InChI is InChI=1S/C14H19N5OS/c1-9-16-13(19-18-9)10-3-5-11(6-4-10)17-14(20)12(15)7-8-21-2/h3-6,12H,7-8,15H2,1-2H3,(H,17,20)(H,16,18,19)/t12-/m0/s1. The van der Waals surface area contributed by atoms with E-state index in [0.717, 1.165) is 22.8 Å². The number of nitrogens with two attached hydrogens (primary N) is 1. The Bertz CT molecular complexity index is 596. The minimum absolute atomic E-state index is 0.162. The summed E-state index contributed by atoms with van der Waals surface area (Å²) in [6, 6.07) is 6.89. The highest BCUT2D eigenvalue weighted by Crippen LogP contribution is 2.18. The number of benzene rings is 1. The van der Waals surface area contributed by atoms with Gasteiger partial charge in [0.2, 0.25) is 5.91 Å². The van der Waals surface area contributed by atoms with E-state index in [1.54, 1.807) is 11.8 Å². The number of aromatic amines is 1. The summed E-state index contributed by atoms with van der Waals surface area (Å²) in [7, 11) is 0. The average Bonchev–Trinajstić information content (AvgIpc) is 2.92. The Hall–Kier alpha value is -1.86. The smallest absolute Gasteiger partial charge is 0.241 e. The number of aromatic nitrogens is 3. The van der Waals surface area contributed by atoms with Gasteiger partial charge in [-0.3, -0.25) is 9.89 Å². The third-order valence-corrected chi connectivity index (χ3v) is 3.62. The number of hydrogen-bond acceptors (Lipinski definition) is 5. The molecule has 1 aromatic carbocycles. The van der Waals surface area contributed by atoms with Gasteiger partial charge >= 0.3 is 0 Å². The van der Waals surface area contributed by atoms with Crippen molar-refractivity contribution in [1.82, 2.24) is 15.2 Å². The fourth-order valence-corrected chi connectivity index (χ4v) is 2.27. The number of nitrogens with one attached hydrogen (secondary N) is 2. The lowest BCUT2D eigenvalue weighted by atomic mass is 10.2. The van der Waals surface area contributed by atoms with Crippen molar-refractivity contribution >= 4 is 23.4 Å². The van der Waals surface area contributed by atoms with E-state index in [-0.39, 0.29) is 5.91 Å². The quantitative estimate of drug-likeness (QED) is 0.756. The normalized spacial score (nSPS) is 12.1. The van der Waals surface area contributed by atoms with Gasteiger partial charge in [-0.1, -0.05) is 0 Å². The van der Waals surface area contributed by atoms with Crippen LogP contribution in [-0.4, -0.2) is 39.1 Å². The minimum atomic E-state index is -0.479. The predicted molar refractivity (Wildman–Crippen MR) is 86.2 cm³/mol. The minimum Gasteiger partial charge on any atom is -0.325 e. The van der Waals surface area contributed by atoms with Gasteiger partial charge in [-0.15, -0.1) is 0 Å². The number of aryl methyl sites for hydroxylation is 1. The largest absolute Gasteiger partial charge is 0.325 e. The Morgan fingerprint density at radius 2 is 2.14 bits per heavy atom. The SMILES string of the molecule is CSCC[C@H](N)C(=O)Nc1ccc(-c2n[nH]c(C)n2)cc1. The second-order valence-electron chi connectivity index (χ2n) is 4.70. The zero-order valence-electron chi connectivity index (χ0n) is 12.1. The van der Waals surface area contributed by atoms with Crippen molar-refractivity contribution < 1.29 is 4.79 Å². The van der Waals surface area contributed by atoms with Crippen LogP contribution >= 0.6 is 11.8 Å². The number of rotatable bonds is 6. The molecule has 0 saturated heterocycles. The van der Waals surface area contributed by atoms with Crippen LogP contribution in [0.25, 0.3) is 11.4 Å². The highest BCUT2D eigenvalue weighted by atomic mass is 32.2. The van der Waals surface area contributed by atoms with Crippen LogP contribution in [0.3, 0.4) is 0 Å². The number of nitrogens with zero attached hydrogens (tertiary/aromatic N) is 2. The number of carbonyl (C=O) groups is 1. The summed E-state index contributed by atoms with van der Waals surface area (Å²) in [4.78, 5) is 16.2. The van der Waals surface area contributed by atoms with Gasteiger partial charge < -0.3 is 11.1 Å². The summed E-state index contributed by atoms with van der Waals surface area (Å²) in [5.74, 6) is 2.12. The fourth-order valence-electron chi connectivity index (χ4n) is 1.79. The molecule has 7 heteroatoms. The van der Waals surface area contributed by atoms with Crippen molar-refractivity contribution in [2.45, 2.75) is 19.4 Å². The Labute approximate surface area is 127 Å². The second kappa shape index (κ2) is 7.24. The lowest BCUT2D eigenvalue weighted by Crippen LogP contribution is -2.36. The predicted octanol–water partition coefficient (Wildman–Crippen LogP) is 1.80. The molecule has 0 saturated carbocycles. The lowest BCUT2D eigenvalue weighted by molar-refractivity contribution is -0.117. The molecule has 0 radical (unpaired) electrons. The first-order chi connectivity index (χ1) is 10.1. The maximum Gasteiger partial charge on any atom is 0.241 e. The number of hydrogen-bond donors (Lipinski definition) is 3. The Morgan fingerprint density at radius 3 is 2.71 bits per heavy atom. The zero-order chi connectivity index (χ0) is 15.2. The summed E-state index contributed by atoms with van der Waals surface area (Å²) in [6.45, 7) is 1.85. The molecule has 1 atom stereocenters. The summed E-state index contributed by atoms with van der Waals surface area (Å²) in [6.07, 6.45) is 2.66. The second-order valence-corrected chi connectivity index (χ2v) is 5.68. The Balaban J connectivity index is 1.97. The molecule has 0 aliphatic carbocycles. The van der Waals surface area contributed by atoms with Gasteiger partial charge in [-0.05, 0) is 49.6 Å². The highest BCUT2D eigenvalue weighted by molar-refractivity contribution is 7.98. The van der Waals surface area contributed by atoms with E-state index in [9.17, 15) is 4.79 Å². The maximum atomic E-state index is 11.9.